The molecule has 1 aliphatic carbocycles. The fraction of sp³-hybridized carbons (Fsp3) is 0.583. The van der Waals surface area contributed by atoms with E-state index in [0.717, 1.165) is 30.7 Å². The Morgan fingerprint density at radius 1 is 1.35 bits per heavy atom. The Morgan fingerprint density at radius 2 is 2.06 bits per heavy atom. The summed E-state index contributed by atoms with van der Waals surface area (Å²) < 4.78 is 0. The Kier molecular flexibility index (Phi) is 2.46. The van der Waals surface area contributed by atoms with Gasteiger partial charge in [0.1, 0.15) is 5.82 Å². The van der Waals surface area contributed by atoms with Gasteiger partial charge < -0.3 is 10.0 Å². The predicted octanol–water partition coefficient (Wildman–Crippen LogP) is 1.41. The van der Waals surface area contributed by atoms with E-state index in [9.17, 15) is 4.79 Å². The maximum absolute atomic E-state index is 10.8. The highest BCUT2D eigenvalue weighted by atomic mass is 16.4. The normalized spacial score (nSPS) is 27.2. The topological polar surface area (TPSA) is 66.3 Å². The molecule has 2 atom stereocenters. The SMILES string of the molecule is O=C(O)c1nccc(N2CC3CCCC3C2)n1. The molecule has 1 saturated heterocycles. The third-order valence-corrected chi connectivity index (χ3v) is 3.88. The van der Waals surface area contributed by atoms with Crippen LogP contribution in [0.5, 0.6) is 0 Å². The van der Waals surface area contributed by atoms with Gasteiger partial charge in [-0.15, -0.1) is 0 Å². The van der Waals surface area contributed by atoms with Crippen LogP contribution >= 0.6 is 0 Å². The predicted molar refractivity (Wildman–Crippen MR) is 62.0 cm³/mol. The molecule has 17 heavy (non-hydrogen) atoms. The second-order valence-electron chi connectivity index (χ2n) is 4.90. The maximum atomic E-state index is 10.8. The molecule has 0 bridgehead atoms. The Hall–Kier alpha value is -1.65. The van der Waals surface area contributed by atoms with Gasteiger partial charge in [0.25, 0.3) is 0 Å². The minimum absolute atomic E-state index is 0.112. The van der Waals surface area contributed by atoms with Crippen LogP contribution in [0.3, 0.4) is 0 Å². The summed E-state index contributed by atoms with van der Waals surface area (Å²) in [6.45, 7) is 2.03. The van der Waals surface area contributed by atoms with Crippen LogP contribution in [0.4, 0.5) is 5.82 Å². The number of anilines is 1. The lowest BCUT2D eigenvalue weighted by Crippen LogP contribution is -2.22. The van der Waals surface area contributed by atoms with Crippen molar-refractivity contribution in [1.82, 2.24) is 9.97 Å². The quantitative estimate of drug-likeness (QED) is 0.836. The number of carboxylic acid groups (broad SMARTS) is 1. The molecule has 0 spiro atoms. The van der Waals surface area contributed by atoms with E-state index in [-0.39, 0.29) is 5.82 Å². The number of hydrogen-bond acceptors (Lipinski definition) is 4. The van der Waals surface area contributed by atoms with Crippen LogP contribution in [0.15, 0.2) is 12.3 Å². The fourth-order valence-corrected chi connectivity index (χ4v) is 3.05. The van der Waals surface area contributed by atoms with E-state index < -0.39 is 5.97 Å². The highest BCUT2D eigenvalue weighted by Gasteiger charge is 2.36. The monoisotopic (exact) mass is 233 g/mol. The second kappa shape index (κ2) is 3.98. The van der Waals surface area contributed by atoms with Gasteiger partial charge in [0.15, 0.2) is 0 Å². The van der Waals surface area contributed by atoms with Gasteiger partial charge in [-0.3, -0.25) is 0 Å². The highest BCUT2D eigenvalue weighted by Crippen LogP contribution is 2.38. The van der Waals surface area contributed by atoms with E-state index in [4.69, 9.17) is 5.11 Å². The average Bonchev–Trinajstić information content (AvgIpc) is 2.89. The summed E-state index contributed by atoms with van der Waals surface area (Å²) in [6.07, 6.45) is 5.48. The summed E-state index contributed by atoms with van der Waals surface area (Å²) in [5, 5.41) is 8.87. The first-order valence-electron chi connectivity index (χ1n) is 6.05. The van der Waals surface area contributed by atoms with Gasteiger partial charge in [-0.1, -0.05) is 6.42 Å². The van der Waals surface area contributed by atoms with Gasteiger partial charge in [-0.05, 0) is 30.7 Å². The molecular formula is C12H15N3O2. The molecule has 1 saturated carbocycles. The lowest BCUT2D eigenvalue weighted by Gasteiger charge is -2.18. The van der Waals surface area contributed by atoms with Crippen LogP contribution in [0.25, 0.3) is 0 Å². The zero-order valence-corrected chi connectivity index (χ0v) is 9.54. The second-order valence-corrected chi connectivity index (χ2v) is 4.90. The van der Waals surface area contributed by atoms with Gasteiger partial charge >= 0.3 is 5.97 Å². The molecule has 5 nitrogen and oxygen atoms in total. The number of fused-ring (bicyclic) bond motifs is 1. The van der Waals surface area contributed by atoms with Crippen molar-refractivity contribution in [2.75, 3.05) is 18.0 Å². The zero-order chi connectivity index (χ0) is 11.8. The summed E-state index contributed by atoms with van der Waals surface area (Å²) in [6, 6.07) is 1.80. The third kappa shape index (κ3) is 1.85. The van der Waals surface area contributed by atoms with Crippen molar-refractivity contribution in [2.24, 2.45) is 11.8 Å². The van der Waals surface area contributed by atoms with Gasteiger partial charge in [0.05, 0.1) is 0 Å². The Morgan fingerprint density at radius 3 is 2.71 bits per heavy atom. The zero-order valence-electron chi connectivity index (χ0n) is 9.54. The minimum atomic E-state index is -1.06. The highest BCUT2D eigenvalue weighted by molar-refractivity contribution is 5.83. The number of nitrogens with zero attached hydrogens (tertiary/aromatic N) is 3. The van der Waals surface area contributed by atoms with Crippen molar-refractivity contribution < 1.29 is 9.90 Å². The van der Waals surface area contributed by atoms with Gasteiger partial charge in [0.2, 0.25) is 5.82 Å². The van der Waals surface area contributed by atoms with Crippen molar-refractivity contribution in [3.63, 3.8) is 0 Å². The van der Waals surface area contributed by atoms with Crippen molar-refractivity contribution in [1.29, 1.82) is 0 Å². The standard InChI is InChI=1S/C12H15N3O2/c16-12(17)11-13-5-4-10(14-11)15-6-8-2-1-3-9(8)7-15/h4-5,8-9H,1-3,6-7H2,(H,16,17). The molecule has 1 aliphatic heterocycles. The number of aromatic nitrogens is 2. The van der Waals surface area contributed by atoms with Crippen LogP contribution in [0.1, 0.15) is 29.9 Å². The van der Waals surface area contributed by atoms with E-state index in [2.05, 4.69) is 14.9 Å². The van der Waals surface area contributed by atoms with E-state index in [1.165, 1.54) is 25.5 Å². The number of aromatic carboxylic acids is 1. The number of hydrogen-bond donors (Lipinski definition) is 1. The molecule has 1 aromatic heterocycles. The number of rotatable bonds is 2. The van der Waals surface area contributed by atoms with E-state index in [0.29, 0.717) is 0 Å². The molecule has 1 aromatic rings. The summed E-state index contributed by atoms with van der Waals surface area (Å²) >= 11 is 0. The largest absolute Gasteiger partial charge is 0.475 e. The average molecular weight is 233 g/mol. The molecule has 90 valence electrons. The van der Waals surface area contributed by atoms with E-state index >= 15 is 0 Å². The van der Waals surface area contributed by atoms with Gasteiger partial charge in [-0.25, -0.2) is 14.8 Å². The first-order valence-corrected chi connectivity index (χ1v) is 6.05. The van der Waals surface area contributed by atoms with Crippen LogP contribution < -0.4 is 4.90 Å². The van der Waals surface area contributed by atoms with Crippen LogP contribution in [0, 0.1) is 11.8 Å². The lowest BCUT2D eigenvalue weighted by atomic mass is 10.0. The van der Waals surface area contributed by atoms with Crippen LogP contribution in [0.2, 0.25) is 0 Å². The molecular weight excluding hydrogens is 218 g/mol. The summed E-state index contributed by atoms with van der Waals surface area (Å²) in [5.74, 6) is 1.13. The molecule has 0 radical (unpaired) electrons. The smallest absolute Gasteiger partial charge is 0.374 e. The molecule has 2 heterocycles. The third-order valence-electron chi connectivity index (χ3n) is 3.88. The summed E-state index contributed by atoms with van der Waals surface area (Å²) in [4.78, 5) is 20.9. The van der Waals surface area contributed by atoms with Gasteiger partial charge in [-0.2, -0.15) is 0 Å². The Balaban J connectivity index is 1.81. The maximum Gasteiger partial charge on any atom is 0.374 e. The molecule has 5 heteroatoms. The molecule has 0 aromatic carbocycles. The fourth-order valence-electron chi connectivity index (χ4n) is 3.05. The Bertz CT molecular complexity index is 437. The van der Waals surface area contributed by atoms with Crippen LogP contribution in [-0.4, -0.2) is 34.1 Å². The van der Waals surface area contributed by atoms with Crippen molar-refractivity contribution >= 4 is 11.8 Å². The summed E-state index contributed by atoms with van der Waals surface area (Å²) in [7, 11) is 0. The minimum Gasteiger partial charge on any atom is -0.475 e. The van der Waals surface area contributed by atoms with Crippen molar-refractivity contribution in [2.45, 2.75) is 19.3 Å². The molecule has 1 N–H and O–H groups in total. The summed E-state index contributed by atoms with van der Waals surface area (Å²) in [5.41, 5.74) is 0. The molecule has 2 fully saturated rings. The molecule has 0 amide bonds. The van der Waals surface area contributed by atoms with Crippen LogP contribution in [-0.2, 0) is 0 Å². The lowest BCUT2D eigenvalue weighted by molar-refractivity contribution is 0.0683. The van der Waals surface area contributed by atoms with E-state index in [1.54, 1.807) is 6.07 Å². The first-order chi connectivity index (χ1) is 8.24. The van der Waals surface area contributed by atoms with E-state index in [1.807, 2.05) is 0 Å². The molecule has 3 rings (SSSR count). The number of carboxylic acids is 1. The first kappa shape index (κ1) is 10.5. The Labute approximate surface area is 99.5 Å². The van der Waals surface area contributed by atoms with Gasteiger partial charge in [0, 0.05) is 19.3 Å². The molecule has 2 unspecified atom stereocenters. The van der Waals surface area contributed by atoms with Crippen molar-refractivity contribution in [3.05, 3.63) is 18.1 Å². The molecule has 2 aliphatic rings. The number of carbonyl (C=O) groups is 1. The van der Waals surface area contributed by atoms with Crippen molar-refractivity contribution in [3.8, 4) is 0 Å².